The molecule has 0 spiro atoms. The summed E-state index contributed by atoms with van der Waals surface area (Å²) in [6.07, 6.45) is 2.10. The van der Waals surface area contributed by atoms with Crippen LogP contribution < -0.4 is 10.6 Å². The molecule has 0 bridgehead atoms. The van der Waals surface area contributed by atoms with Gasteiger partial charge in [-0.05, 0) is 23.6 Å². The lowest BCUT2D eigenvalue weighted by Crippen LogP contribution is -2.42. The van der Waals surface area contributed by atoms with Crippen LogP contribution in [0.3, 0.4) is 0 Å². The second-order valence-corrected chi connectivity index (χ2v) is 4.71. The Morgan fingerprint density at radius 1 is 1.59 bits per heavy atom. The summed E-state index contributed by atoms with van der Waals surface area (Å²) in [7, 11) is 0. The highest BCUT2D eigenvalue weighted by Gasteiger charge is 2.12. The molecule has 1 fully saturated rings. The summed E-state index contributed by atoms with van der Waals surface area (Å²) in [5.74, 6) is 1.47. The molecule has 1 aliphatic heterocycles. The fraction of sp³-hybridized carbons (Fsp3) is 0.615. The van der Waals surface area contributed by atoms with E-state index in [0.717, 1.165) is 32.1 Å². The van der Waals surface area contributed by atoms with E-state index in [1.807, 2.05) is 6.20 Å². The summed E-state index contributed by atoms with van der Waals surface area (Å²) < 4.78 is 5.62. The number of anilines is 1. The number of morpholine rings is 1. The third-order valence-electron chi connectivity index (χ3n) is 2.97. The molecule has 2 heterocycles. The van der Waals surface area contributed by atoms with Crippen LogP contribution in [0.1, 0.15) is 25.3 Å². The summed E-state index contributed by atoms with van der Waals surface area (Å²) >= 11 is 0. The van der Waals surface area contributed by atoms with Crippen LogP contribution in [0.15, 0.2) is 18.3 Å². The average Bonchev–Trinajstić information content (AvgIpc) is 2.38. The van der Waals surface area contributed by atoms with Crippen molar-refractivity contribution in [3.63, 3.8) is 0 Å². The third-order valence-corrected chi connectivity index (χ3v) is 2.97. The van der Waals surface area contributed by atoms with Gasteiger partial charge >= 0.3 is 0 Å². The first-order valence-electron chi connectivity index (χ1n) is 6.28. The average molecular weight is 235 g/mol. The van der Waals surface area contributed by atoms with Gasteiger partial charge in [-0.3, -0.25) is 0 Å². The molecule has 0 saturated carbocycles. The van der Waals surface area contributed by atoms with E-state index in [9.17, 15) is 0 Å². The second kappa shape index (κ2) is 5.98. The number of aromatic nitrogens is 1. The fourth-order valence-electron chi connectivity index (χ4n) is 1.87. The molecule has 0 aromatic carbocycles. The molecular weight excluding hydrogens is 214 g/mol. The van der Waals surface area contributed by atoms with Gasteiger partial charge in [-0.2, -0.15) is 0 Å². The highest BCUT2D eigenvalue weighted by molar-refractivity contribution is 5.38. The van der Waals surface area contributed by atoms with Crippen LogP contribution in [-0.2, 0) is 4.74 Å². The summed E-state index contributed by atoms with van der Waals surface area (Å²) in [5, 5.41) is 6.65. The van der Waals surface area contributed by atoms with Crippen LogP contribution in [0, 0.1) is 0 Å². The molecule has 2 rings (SSSR count). The van der Waals surface area contributed by atoms with Gasteiger partial charge in [0.05, 0.1) is 12.7 Å². The summed E-state index contributed by atoms with van der Waals surface area (Å²) in [4.78, 5) is 4.32. The lowest BCUT2D eigenvalue weighted by molar-refractivity contribution is 0.0372. The molecule has 0 aliphatic carbocycles. The van der Waals surface area contributed by atoms with Crippen molar-refractivity contribution in [1.29, 1.82) is 0 Å². The number of nitrogens with one attached hydrogen (secondary N) is 2. The number of hydrogen-bond acceptors (Lipinski definition) is 4. The molecule has 1 atom stereocenters. The maximum atomic E-state index is 5.62. The van der Waals surface area contributed by atoms with E-state index < -0.39 is 0 Å². The quantitative estimate of drug-likeness (QED) is 0.832. The van der Waals surface area contributed by atoms with Crippen LogP contribution in [-0.4, -0.2) is 37.3 Å². The van der Waals surface area contributed by atoms with E-state index in [0.29, 0.717) is 5.92 Å². The largest absolute Gasteiger partial charge is 0.374 e. The molecule has 1 aromatic heterocycles. The normalized spacial score (nSPS) is 20.5. The van der Waals surface area contributed by atoms with Crippen LogP contribution in [0.4, 0.5) is 5.82 Å². The molecule has 1 aliphatic rings. The Kier molecular flexibility index (Phi) is 4.34. The molecule has 0 amide bonds. The van der Waals surface area contributed by atoms with Crippen molar-refractivity contribution in [2.45, 2.75) is 25.9 Å². The number of pyridine rings is 1. The Hall–Kier alpha value is -1.13. The smallest absolute Gasteiger partial charge is 0.126 e. The summed E-state index contributed by atoms with van der Waals surface area (Å²) in [6.45, 7) is 7.85. The van der Waals surface area contributed by atoms with Crippen molar-refractivity contribution in [3.05, 3.63) is 23.9 Å². The highest BCUT2D eigenvalue weighted by Crippen LogP contribution is 2.16. The fourth-order valence-corrected chi connectivity index (χ4v) is 1.87. The predicted molar refractivity (Wildman–Crippen MR) is 69.4 cm³/mol. The lowest BCUT2D eigenvalue weighted by Gasteiger charge is -2.24. The molecule has 4 nitrogen and oxygen atoms in total. The Balaban J connectivity index is 1.87. The summed E-state index contributed by atoms with van der Waals surface area (Å²) in [6, 6.07) is 4.18. The Morgan fingerprint density at radius 3 is 3.18 bits per heavy atom. The zero-order valence-electron chi connectivity index (χ0n) is 10.6. The molecule has 2 N–H and O–H groups in total. The van der Waals surface area contributed by atoms with E-state index in [-0.39, 0.29) is 6.10 Å². The lowest BCUT2D eigenvalue weighted by atomic mass is 10.1. The van der Waals surface area contributed by atoms with Gasteiger partial charge in [0.1, 0.15) is 5.82 Å². The maximum absolute atomic E-state index is 5.62. The van der Waals surface area contributed by atoms with Crippen LogP contribution in [0.5, 0.6) is 0 Å². The van der Waals surface area contributed by atoms with E-state index in [4.69, 9.17) is 4.74 Å². The Bertz CT molecular complexity index is 348. The third kappa shape index (κ3) is 3.68. The molecular formula is C13H21N3O. The summed E-state index contributed by atoms with van der Waals surface area (Å²) in [5.41, 5.74) is 1.31. The van der Waals surface area contributed by atoms with E-state index in [2.05, 4.69) is 41.6 Å². The number of rotatable bonds is 4. The highest BCUT2D eigenvalue weighted by atomic mass is 16.5. The minimum Gasteiger partial charge on any atom is -0.374 e. The first kappa shape index (κ1) is 12.3. The SMILES string of the molecule is CC(C)c1ccnc(NCC2CNCCO2)c1. The Morgan fingerprint density at radius 2 is 2.47 bits per heavy atom. The van der Waals surface area contributed by atoms with Gasteiger partial charge in [0.2, 0.25) is 0 Å². The van der Waals surface area contributed by atoms with Gasteiger partial charge in [-0.25, -0.2) is 4.98 Å². The number of hydrogen-bond donors (Lipinski definition) is 2. The predicted octanol–water partition coefficient (Wildman–Crippen LogP) is 1.61. The Labute approximate surface area is 103 Å². The molecule has 1 saturated heterocycles. The second-order valence-electron chi connectivity index (χ2n) is 4.71. The van der Waals surface area contributed by atoms with Crippen molar-refractivity contribution < 1.29 is 4.74 Å². The van der Waals surface area contributed by atoms with Crippen LogP contribution >= 0.6 is 0 Å². The maximum Gasteiger partial charge on any atom is 0.126 e. The van der Waals surface area contributed by atoms with Gasteiger partial charge in [-0.1, -0.05) is 13.8 Å². The van der Waals surface area contributed by atoms with Gasteiger partial charge in [-0.15, -0.1) is 0 Å². The minimum absolute atomic E-state index is 0.244. The van der Waals surface area contributed by atoms with Gasteiger partial charge in [0.15, 0.2) is 0 Å². The van der Waals surface area contributed by atoms with Crippen molar-refractivity contribution in [2.24, 2.45) is 0 Å². The zero-order valence-corrected chi connectivity index (χ0v) is 10.6. The standard InChI is InChI=1S/C13H21N3O/c1-10(2)11-3-4-15-13(7-11)16-9-12-8-14-5-6-17-12/h3-4,7,10,12,14H,5-6,8-9H2,1-2H3,(H,15,16). The number of nitrogens with zero attached hydrogens (tertiary/aromatic N) is 1. The molecule has 0 radical (unpaired) electrons. The van der Waals surface area contributed by atoms with Gasteiger partial charge < -0.3 is 15.4 Å². The van der Waals surface area contributed by atoms with Crippen molar-refractivity contribution >= 4 is 5.82 Å². The van der Waals surface area contributed by atoms with Gasteiger partial charge in [0, 0.05) is 25.8 Å². The number of ether oxygens (including phenoxy) is 1. The monoisotopic (exact) mass is 235 g/mol. The first-order valence-corrected chi connectivity index (χ1v) is 6.28. The minimum atomic E-state index is 0.244. The van der Waals surface area contributed by atoms with Gasteiger partial charge in [0.25, 0.3) is 0 Å². The van der Waals surface area contributed by atoms with Crippen molar-refractivity contribution in [3.8, 4) is 0 Å². The van der Waals surface area contributed by atoms with Crippen molar-refractivity contribution in [1.82, 2.24) is 10.3 Å². The zero-order chi connectivity index (χ0) is 12.1. The first-order chi connectivity index (χ1) is 8.25. The van der Waals surface area contributed by atoms with E-state index >= 15 is 0 Å². The molecule has 17 heavy (non-hydrogen) atoms. The molecule has 94 valence electrons. The van der Waals surface area contributed by atoms with Crippen LogP contribution in [0.2, 0.25) is 0 Å². The topological polar surface area (TPSA) is 46.2 Å². The van der Waals surface area contributed by atoms with Crippen molar-refractivity contribution in [2.75, 3.05) is 31.6 Å². The van der Waals surface area contributed by atoms with E-state index in [1.54, 1.807) is 0 Å². The van der Waals surface area contributed by atoms with Crippen LogP contribution in [0.25, 0.3) is 0 Å². The van der Waals surface area contributed by atoms with E-state index in [1.165, 1.54) is 5.56 Å². The molecule has 4 heteroatoms. The molecule has 1 unspecified atom stereocenters. The molecule has 1 aromatic rings.